The van der Waals surface area contributed by atoms with Crippen LogP contribution in [0.5, 0.6) is 0 Å². The highest BCUT2D eigenvalue weighted by atomic mass is 35.5. The molecule has 0 atom stereocenters. The fourth-order valence-corrected chi connectivity index (χ4v) is 2.45. The lowest BCUT2D eigenvalue weighted by Gasteiger charge is -2.16. The van der Waals surface area contributed by atoms with E-state index in [0.29, 0.717) is 21.4 Å². The average molecular weight is 402 g/mol. The number of pyridine rings is 1. The molecule has 1 heterocycles. The Morgan fingerprint density at radius 3 is 2.36 bits per heavy atom. The van der Waals surface area contributed by atoms with E-state index in [9.17, 15) is 9.59 Å². The fraction of sp³-hybridized carbons (Fsp3) is 0.188. The van der Waals surface area contributed by atoms with E-state index in [1.165, 1.54) is 6.20 Å². The third-order valence-electron chi connectivity index (χ3n) is 3.06. The number of hydrogen-bond acceptors (Lipinski definition) is 4. The number of halogens is 3. The zero-order valence-electron chi connectivity index (χ0n) is 13.2. The van der Waals surface area contributed by atoms with Crippen LogP contribution in [0.2, 0.25) is 15.2 Å². The Balaban J connectivity index is 1.83. The zero-order chi connectivity index (χ0) is 18.4. The van der Waals surface area contributed by atoms with Crippen LogP contribution in [-0.4, -0.2) is 41.8 Å². The van der Waals surface area contributed by atoms with Gasteiger partial charge in [-0.15, -0.1) is 0 Å². The molecule has 0 saturated heterocycles. The third kappa shape index (κ3) is 6.17. The molecule has 0 unspecified atom stereocenters. The van der Waals surface area contributed by atoms with E-state index in [0.717, 1.165) is 0 Å². The molecule has 2 aromatic rings. The minimum Gasteiger partial charge on any atom is -0.325 e. The summed E-state index contributed by atoms with van der Waals surface area (Å²) in [4.78, 5) is 29.4. The molecular weight excluding hydrogens is 387 g/mol. The number of likely N-dealkylation sites (N-methyl/N-ethyl adjacent to an activating group) is 1. The number of rotatable bonds is 6. The summed E-state index contributed by atoms with van der Waals surface area (Å²) in [5.41, 5.74) is 0.946. The molecule has 0 fully saturated rings. The Morgan fingerprint density at radius 1 is 1.04 bits per heavy atom. The molecule has 0 saturated carbocycles. The summed E-state index contributed by atoms with van der Waals surface area (Å²) in [5, 5.41) is 6.28. The highest BCUT2D eigenvalue weighted by molar-refractivity contribution is 6.42. The van der Waals surface area contributed by atoms with Gasteiger partial charge in [0.25, 0.3) is 0 Å². The highest BCUT2D eigenvalue weighted by Crippen LogP contribution is 2.24. The minimum absolute atomic E-state index is 0.0139. The Bertz CT molecular complexity index is 786. The van der Waals surface area contributed by atoms with Gasteiger partial charge >= 0.3 is 0 Å². The summed E-state index contributed by atoms with van der Waals surface area (Å²) in [6.07, 6.45) is 1.53. The van der Waals surface area contributed by atoms with Crippen LogP contribution in [0.3, 0.4) is 0 Å². The molecule has 0 spiro atoms. The zero-order valence-corrected chi connectivity index (χ0v) is 15.5. The molecule has 1 aromatic heterocycles. The summed E-state index contributed by atoms with van der Waals surface area (Å²) < 4.78 is 0. The molecular formula is C16H15Cl3N4O2. The van der Waals surface area contributed by atoms with Crippen LogP contribution >= 0.6 is 34.8 Å². The number of nitrogens with zero attached hydrogens (tertiary/aromatic N) is 2. The Labute approximate surface area is 160 Å². The second-order valence-electron chi connectivity index (χ2n) is 5.24. The molecule has 6 nitrogen and oxygen atoms in total. The lowest BCUT2D eigenvalue weighted by molar-refractivity contribution is -0.119. The van der Waals surface area contributed by atoms with Gasteiger partial charge in [0, 0.05) is 11.9 Å². The van der Waals surface area contributed by atoms with Crippen molar-refractivity contribution in [3.05, 3.63) is 51.7 Å². The van der Waals surface area contributed by atoms with Crippen LogP contribution in [0.4, 0.5) is 11.4 Å². The molecule has 2 amide bonds. The second kappa shape index (κ2) is 9.01. The fourth-order valence-electron chi connectivity index (χ4n) is 1.99. The summed E-state index contributed by atoms with van der Waals surface area (Å²) >= 11 is 17.6. The first-order valence-corrected chi connectivity index (χ1v) is 8.32. The van der Waals surface area contributed by atoms with Gasteiger partial charge in [0.2, 0.25) is 11.8 Å². The van der Waals surface area contributed by atoms with Crippen LogP contribution in [0.1, 0.15) is 0 Å². The highest BCUT2D eigenvalue weighted by Gasteiger charge is 2.13. The van der Waals surface area contributed by atoms with Crippen molar-refractivity contribution in [3.8, 4) is 0 Å². The van der Waals surface area contributed by atoms with E-state index in [4.69, 9.17) is 34.8 Å². The van der Waals surface area contributed by atoms with Gasteiger partial charge in [0.1, 0.15) is 0 Å². The van der Waals surface area contributed by atoms with Crippen LogP contribution in [0.15, 0.2) is 36.5 Å². The Kier molecular flexibility index (Phi) is 7.01. The number of carbonyl (C=O) groups excluding carboxylic acids is 2. The molecule has 2 rings (SSSR count). The average Bonchev–Trinajstić information content (AvgIpc) is 2.52. The maximum absolute atomic E-state index is 12.0. The number of benzene rings is 1. The quantitative estimate of drug-likeness (QED) is 0.726. The molecule has 2 N–H and O–H groups in total. The first kappa shape index (κ1) is 19.5. The lowest BCUT2D eigenvalue weighted by Crippen LogP contribution is -2.36. The molecule has 132 valence electrons. The summed E-state index contributed by atoms with van der Waals surface area (Å²) in [5.74, 6) is -0.590. The van der Waals surface area contributed by atoms with E-state index in [2.05, 4.69) is 15.6 Å². The van der Waals surface area contributed by atoms with E-state index < -0.39 is 0 Å². The molecule has 0 aliphatic heterocycles. The van der Waals surface area contributed by atoms with Crippen LogP contribution in [0, 0.1) is 0 Å². The smallest absolute Gasteiger partial charge is 0.238 e. The van der Waals surface area contributed by atoms with Gasteiger partial charge in [-0.3, -0.25) is 14.5 Å². The standard InChI is InChI=1S/C16H15Cl3N4O2/c1-23(9-15(25)22-13-3-2-6-20-16(13)19)8-14(24)21-10-4-5-11(17)12(18)7-10/h2-7H,8-9H2,1H3,(H,21,24)(H,22,25). The van der Waals surface area contributed by atoms with Crippen molar-refractivity contribution in [3.63, 3.8) is 0 Å². The molecule has 0 aliphatic carbocycles. The number of amides is 2. The lowest BCUT2D eigenvalue weighted by atomic mass is 10.3. The minimum atomic E-state index is -0.306. The summed E-state index contributed by atoms with van der Waals surface area (Å²) in [6.45, 7) is 0.0362. The molecule has 1 aromatic carbocycles. The van der Waals surface area contributed by atoms with Crippen LogP contribution in [0.25, 0.3) is 0 Å². The van der Waals surface area contributed by atoms with E-state index in [1.807, 2.05) is 0 Å². The van der Waals surface area contributed by atoms with E-state index in [-0.39, 0.29) is 30.1 Å². The molecule has 0 bridgehead atoms. The van der Waals surface area contributed by atoms with Gasteiger partial charge in [-0.1, -0.05) is 34.8 Å². The van der Waals surface area contributed by atoms with E-state index >= 15 is 0 Å². The molecule has 25 heavy (non-hydrogen) atoms. The number of anilines is 2. The van der Waals surface area contributed by atoms with Crippen molar-refractivity contribution < 1.29 is 9.59 Å². The SMILES string of the molecule is CN(CC(=O)Nc1ccc(Cl)c(Cl)c1)CC(=O)Nc1cccnc1Cl. The molecule has 0 aliphatic rings. The number of carbonyl (C=O) groups is 2. The molecule has 9 heteroatoms. The van der Waals surface area contributed by atoms with Gasteiger partial charge in [0.15, 0.2) is 5.15 Å². The summed E-state index contributed by atoms with van der Waals surface area (Å²) in [6, 6.07) is 8.09. The maximum Gasteiger partial charge on any atom is 0.238 e. The summed E-state index contributed by atoms with van der Waals surface area (Å²) in [7, 11) is 1.65. The van der Waals surface area contributed by atoms with Gasteiger partial charge in [-0.05, 0) is 37.4 Å². The number of nitrogens with one attached hydrogen (secondary N) is 2. The predicted octanol–water partition coefficient (Wildman–Crippen LogP) is 3.55. The van der Waals surface area contributed by atoms with Crippen molar-refractivity contribution in [2.24, 2.45) is 0 Å². The maximum atomic E-state index is 12.0. The van der Waals surface area contributed by atoms with Gasteiger partial charge in [-0.2, -0.15) is 0 Å². The van der Waals surface area contributed by atoms with E-state index in [1.54, 1.807) is 42.3 Å². The first-order valence-electron chi connectivity index (χ1n) is 7.19. The van der Waals surface area contributed by atoms with Gasteiger partial charge in [-0.25, -0.2) is 4.98 Å². The predicted molar refractivity (Wildman–Crippen MR) is 100 cm³/mol. The topological polar surface area (TPSA) is 74.3 Å². The number of hydrogen-bond donors (Lipinski definition) is 2. The van der Waals surface area contributed by atoms with Crippen LogP contribution in [-0.2, 0) is 9.59 Å². The van der Waals surface area contributed by atoms with Crippen molar-refractivity contribution in [1.82, 2.24) is 9.88 Å². The third-order valence-corrected chi connectivity index (χ3v) is 4.10. The molecule has 0 radical (unpaired) electrons. The van der Waals surface area contributed by atoms with Gasteiger partial charge in [0.05, 0.1) is 28.8 Å². The Hall–Kier alpha value is -1.86. The Morgan fingerprint density at radius 2 is 1.72 bits per heavy atom. The van der Waals surface area contributed by atoms with Crippen molar-refractivity contribution in [1.29, 1.82) is 0 Å². The van der Waals surface area contributed by atoms with Crippen molar-refractivity contribution in [2.45, 2.75) is 0 Å². The van der Waals surface area contributed by atoms with Crippen molar-refractivity contribution >= 4 is 58.0 Å². The monoisotopic (exact) mass is 400 g/mol. The number of aromatic nitrogens is 1. The normalized spacial score (nSPS) is 10.6. The van der Waals surface area contributed by atoms with Crippen LogP contribution < -0.4 is 10.6 Å². The largest absolute Gasteiger partial charge is 0.325 e. The van der Waals surface area contributed by atoms with Gasteiger partial charge < -0.3 is 10.6 Å². The second-order valence-corrected chi connectivity index (χ2v) is 6.41. The van der Waals surface area contributed by atoms with Crippen molar-refractivity contribution in [2.75, 3.05) is 30.8 Å². The first-order chi connectivity index (χ1) is 11.8.